The lowest BCUT2D eigenvalue weighted by molar-refractivity contribution is 0.0913. The Balaban J connectivity index is 1.86. The largest absolute Gasteiger partial charge is 0.454 e. The lowest BCUT2D eigenvalue weighted by Gasteiger charge is -2.13. The predicted octanol–water partition coefficient (Wildman–Crippen LogP) is 1.66. The van der Waals surface area contributed by atoms with Gasteiger partial charge in [0.05, 0.1) is 6.54 Å². The van der Waals surface area contributed by atoms with Gasteiger partial charge in [0, 0.05) is 25.5 Å². The van der Waals surface area contributed by atoms with E-state index in [1.165, 1.54) is 0 Å². The van der Waals surface area contributed by atoms with Gasteiger partial charge >= 0.3 is 0 Å². The molecule has 0 aromatic carbocycles. The first-order valence-corrected chi connectivity index (χ1v) is 7.18. The maximum atomic E-state index is 12.0. The standard InChI is InChI=1S/C15H21N3O3/c1-2-12(6-9-19)10-16-15(20)14-5-4-13(21-14)11-18-8-3-7-17-18/h3-5,7-8,12,19H,2,6,9-11H2,1H3,(H,16,20). The van der Waals surface area contributed by atoms with Gasteiger partial charge in [0.2, 0.25) is 0 Å². The van der Waals surface area contributed by atoms with Crippen LogP contribution in [0.15, 0.2) is 35.0 Å². The predicted molar refractivity (Wildman–Crippen MR) is 77.9 cm³/mol. The molecule has 0 spiro atoms. The molecule has 2 rings (SSSR count). The lowest BCUT2D eigenvalue weighted by atomic mass is 10.0. The number of aromatic nitrogens is 2. The second-order valence-electron chi connectivity index (χ2n) is 4.97. The number of nitrogens with zero attached hydrogens (tertiary/aromatic N) is 2. The number of furan rings is 1. The minimum Gasteiger partial charge on any atom is -0.454 e. The highest BCUT2D eigenvalue weighted by Gasteiger charge is 2.13. The average Bonchev–Trinajstić information content (AvgIpc) is 3.15. The van der Waals surface area contributed by atoms with E-state index in [9.17, 15) is 4.79 Å². The van der Waals surface area contributed by atoms with Crippen molar-refractivity contribution in [1.29, 1.82) is 0 Å². The highest BCUT2D eigenvalue weighted by Crippen LogP contribution is 2.10. The van der Waals surface area contributed by atoms with Gasteiger partial charge in [0.15, 0.2) is 5.76 Å². The third-order valence-corrected chi connectivity index (χ3v) is 3.43. The number of carbonyl (C=O) groups excluding carboxylic acids is 1. The van der Waals surface area contributed by atoms with Crippen LogP contribution in [-0.2, 0) is 6.54 Å². The van der Waals surface area contributed by atoms with E-state index in [2.05, 4.69) is 10.4 Å². The van der Waals surface area contributed by atoms with Gasteiger partial charge in [0.25, 0.3) is 5.91 Å². The van der Waals surface area contributed by atoms with Gasteiger partial charge in [-0.3, -0.25) is 9.48 Å². The van der Waals surface area contributed by atoms with Crippen LogP contribution in [0.25, 0.3) is 0 Å². The summed E-state index contributed by atoms with van der Waals surface area (Å²) < 4.78 is 7.25. The molecule has 0 radical (unpaired) electrons. The Hall–Kier alpha value is -2.08. The van der Waals surface area contributed by atoms with Gasteiger partial charge in [-0.2, -0.15) is 5.10 Å². The van der Waals surface area contributed by atoms with Crippen molar-refractivity contribution in [3.05, 3.63) is 42.1 Å². The van der Waals surface area contributed by atoms with Crippen molar-refractivity contribution < 1.29 is 14.3 Å². The van der Waals surface area contributed by atoms with Crippen molar-refractivity contribution in [2.45, 2.75) is 26.3 Å². The number of hydrogen-bond acceptors (Lipinski definition) is 4. The van der Waals surface area contributed by atoms with Gasteiger partial charge in [0.1, 0.15) is 5.76 Å². The molecule has 1 unspecified atom stereocenters. The van der Waals surface area contributed by atoms with E-state index >= 15 is 0 Å². The monoisotopic (exact) mass is 291 g/mol. The summed E-state index contributed by atoms with van der Waals surface area (Å²) in [5.74, 6) is 1.05. The number of hydrogen-bond donors (Lipinski definition) is 2. The quantitative estimate of drug-likeness (QED) is 0.775. The summed E-state index contributed by atoms with van der Waals surface area (Å²) in [6.07, 6.45) is 5.15. The molecule has 2 heterocycles. The van der Waals surface area contributed by atoms with Gasteiger partial charge in [-0.1, -0.05) is 13.3 Å². The minimum atomic E-state index is -0.224. The van der Waals surface area contributed by atoms with E-state index in [1.807, 2.05) is 19.2 Å². The van der Waals surface area contributed by atoms with Crippen LogP contribution in [0.1, 0.15) is 36.1 Å². The molecule has 1 amide bonds. The Morgan fingerprint density at radius 1 is 1.52 bits per heavy atom. The van der Waals surface area contributed by atoms with Crippen molar-refractivity contribution >= 4 is 5.91 Å². The molecule has 6 nitrogen and oxygen atoms in total. The maximum Gasteiger partial charge on any atom is 0.287 e. The molecule has 114 valence electrons. The van der Waals surface area contributed by atoms with Crippen LogP contribution in [0, 0.1) is 5.92 Å². The third kappa shape index (κ3) is 4.46. The van der Waals surface area contributed by atoms with E-state index in [1.54, 1.807) is 23.0 Å². The first-order valence-electron chi connectivity index (χ1n) is 7.18. The van der Waals surface area contributed by atoms with Crippen LogP contribution < -0.4 is 5.32 Å². The summed E-state index contributed by atoms with van der Waals surface area (Å²) in [5.41, 5.74) is 0. The van der Waals surface area contributed by atoms with Crippen molar-refractivity contribution in [2.75, 3.05) is 13.2 Å². The molecule has 0 aliphatic rings. The van der Waals surface area contributed by atoms with E-state index in [0.717, 1.165) is 6.42 Å². The maximum absolute atomic E-state index is 12.0. The Bertz CT molecular complexity index is 548. The highest BCUT2D eigenvalue weighted by atomic mass is 16.4. The molecule has 21 heavy (non-hydrogen) atoms. The third-order valence-electron chi connectivity index (χ3n) is 3.43. The molecule has 0 bridgehead atoms. The molecule has 2 aromatic heterocycles. The van der Waals surface area contributed by atoms with Gasteiger partial charge in [-0.25, -0.2) is 0 Å². The lowest BCUT2D eigenvalue weighted by Crippen LogP contribution is -2.29. The summed E-state index contributed by atoms with van der Waals surface area (Å²) in [6.45, 7) is 3.23. The van der Waals surface area contributed by atoms with Gasteiger partial charge < -0.3 is 14.8 Å². The van der Waals surface area contributed by atoms with Crippen LogP contribution in [0.5, 0.6) is 0 Å². The molecule has 0 saturated heterocycles. The average molecular weight is 291 g/mol. The van der Waals surface area contributed by atoms with Crippen LogP contribution in [0.3, 0.4) is 0 Å². The van der Waals surface area contributed by atoms with Crippen LogP contribution >= 0.6 is 0 Å². The zero-order valence-corrected chi connectivity index (χ0v) is 12.2. The zero-order valence-electron chi connectivity index (χ0n) is 12.2. The second-order valence-corrected chi connectivity index (χ2v) is 4.97. The number of aliphatic hydroxyl groups excluding tert-OH is 1. The molecule has 6 heteroatoms. The molecule has 2 N–H and O–H groups in total. The summed E-state index contributed by atoms with van der Waals surface area (Å²) in [6, 6.07) is 5.28. The Morgan fingerprint density at radius 3 is 3.05 bits per heavy atom. The molecular formula is C15H21N3O3. The van der Waals surface area contributed by atoms with Crippen molar-refractivity contribution in [1.82, 2.24) is 15.1 Å². The number of rotatable bonds is 8. The topological polar surface area (TPSA) is 80.3 Å². The molecule has 0 saturated carbocycles. The van der Waals surface area contributed by atoms with Gasteiger partial charge in [-0.15, -0.1) is 0 Å². The molecule has 1 atom stereocenters. The Kier molecular flexibility index (Phi) is 5.57. The Morgan fingerprint density at radius 2 is 2.38 bits per heavy atom. The summed E-state index contributed by atoms with van der Waals surface area (Å²) in [5, 5.41) is 15.9. The number of aliphatic hydroxyl groups is 1. The minimum absolute atomic E-state index is 0.142. The molecule has 2 aromatic rings. The fourth-order valence-corrected chi connectivity index (χ4v) is 2.10. The summed E-state index contributed by atoms with van der Waals surface area (Å²) in [4.78, 5) is 12.0. The molecule has 0 aliphatic carbocycles. The summed E-state index contributed by atoms with van der Waals surface area (Å²) >= 11 is 0. The fourth-order valence-electron chi connectivity index (χ4n) is 2.10. The highest BCUT2D eigenvalue weighted by molar-refractivity contribution is 5.91. The normalized spacial score (nSPS) is 12.3. The first-order chi connectivity index (χ1) is 10.2. The smallest absolute Gasteiger partial charge is 0.287 e. The number of amides is 1. The van der Waals surface area contributed by atoms with Crippen molar-refractivity contribution in [3.8, 4) is 0 Å². The zero-order chi connectivity index (χ0) is 15.1. The van der Waals surface area contributed by atoms with Crippen LogP contribution in [0.2, 0.25) is 0 Å². The molecular weight excluding hydrogens is 270 g/mol. The molecule has 0 fully saturated rings. The fraction of sp³-hybridized carbons (Fsp3) is 0.467. The SMILES string of the molecule is CCC(CCO)CNC(=O)c1ccc(Cn2cccn2)o1. The van der Waals surface area contributed by atoms with Crippen molar-refractivity contribution in [2.24, 2.45) is 5.92 Å². The van der Waals surface area contributed by atoms with E-state index in [-0.39, 0.29) is 18.4 Å². The van der Waals surface area contributed by atoms with Crippen molar-refractivity contribution in [3.63, 3.8) is 0 Å². The van der Waals surface area contributed by atoms with E-state index in [4.69, 9.17) is 9.52 Å². The second kappa shape index (κ2) is 7.64. The number of nitrogens with one attached hydrogen (secondary N) is 1. The van der Waals surface area contributed by atoms with Crippen LogP contribution in [-0.4, -0.2) is 33.9 Å². The van der Waals surface area contributed by atoms with E-state index in [0.29, 0.717) is 31.0 Å². The first kappa shape index (κ1) is 15.3. The summed E-state index contributed by atoms with van der Waals surface area (Å²) in [7, 11) is 0. The van der Waals surface area contributed by atoms with E-state index < -0.39 is 0 Å². The Labute approximate surface area is 123 Å². The molecule has 0 aliphatic heterocycles. The van der Waals surface area contributed by atoms with Crippen LogP contribution in [0.4, 0.5) is 0 Å². The van der Waals surface area contributed by atoms with Gasteiger partial charge in [-0.05, 0) is 30.5 Å². The number of carbonyl (C=O) groups is 1.